The number of ether oxygens (including phenoxy) is 1. The van der Waals surface area contributed by atoms with Crippen LogP contribution in [0.25, 0.3) is 0 Å². The molecule has 0 aliphatic rings. The Labute approximate surface area is 137 Å². The number of anilines is 2. The van der Waals surface area contributed by atoms with Crippen molar-refractivity contribution in [3.05, 3.63) is 40.1 Å². The summed E-state index contributed by atoms with van der Waals surface area (Å²) in [6.07, 6.45) is -4.73. The minimum Gasteiger partial charge on any atom is -0.494 e. The lowest BCUT2D eigenvalue weighted by Crippen LogP contribution is -2.19. The SMILES string of the molecule is CCOc1ccc(NC(=O)Nc2cc(C(F)(F)F)no2)c([N+](=O)[O-])c1. The van der Waals surface area contributed by atoms with Crippen LogP contribution in [0.5, 0.6) is 5.75 Å². The van der Waals surface area contributed by atoms with Crippen molar-refractivity contribution < 1.29 is 32.1 Å². The molecule has 25 heavy (non-hydrogen) atoms. The van der Waals surface area contributed by atoms with Gasteiger partial charge in [-0.3, -0.25) is 15.4 Å². The molecule has 134 valence electrons. The largest absolute Gasteiger partial charge is 0.494 e. The van der Waals surface area contributed by atoms with Gasteiger partial charge >= 0.3 is 12.2 Å². The van der Waals surface area contributed by atoms with Crippen molar-refractivity contribution in [2.45, 2.75) is 13.1 Å². The highest BCUT2D eigenvalue weighted by Gasteiger charge is 2.35. The van der Waals surface area contributed by atoms with Gasteiger partial charge in [-0.05, 0) is 19.1 Å². The average molecular weight is 360 g/mol. The molecule has 2 N–H and O–H groups in total. The van der Waals surface area contributed by atoms with E-state index in [2.05, 4.69) is 15.0 Å². The van der Waals surface area contributed by atoms with Crippen molar-refractivity contribution in [2.24, 2.45) is 0 Å². The lowest BCUT2D eigenvalue weighted by Gasteiger charge is -2.08. The first-order valence-corrected chi connectivity index (χ1v) is 6.74. The molecule has 2 amide bonds. The highest BCUT2D eigenvalue weighted by molar-refractivity contribution is 6.00. The Kier molecular flexibility index (Phi) is 5.10. The molecule has 0 atom stereocenters. The zero-order valence-corrected chi connectivity index (χ0v) is 12.6. The van der Waals surface area contributed by atoms with E-state index in [9.17, 15) is 28.1 Å². The average Bonchev–Trinajstić information content (AvgIpc) is 2.97. The molecule has 0 fully saturated rings. The van der Waals surface area contributed by atoms with Gasteiger partial charge in [-0.15, -0.1) is 0 Å². The second kappa shape index (κ2) is 7.07. The van der Waals surface area contributed by atoms with Gasteiger partial charge in [0, 0.05) is 6.07 Å². The molecule has 2 aromatic rings. The van der Waals surface area contributed by atoms with E-state index in [1.807, 2.05) is 5.32 Å². The minimum absolute atomic E-state index is 0.179. The molecule has 2 rings (SSSR count). The zero-order valence-electron chi connectivity index (χ0n) is 12.6. The van der Waals surface area contributed by atoms with Gasteiger partial charge in [-0.2, -0.15) is 13.2 Å². The summed E-state index contributed by atoms with van der Waals surface area (Å²) >= 11 is 0. The van der Waals surface area contributed by atoms with E-state index >= 15 is 0 Å². The number of amides is 2. The van der Waals surface area contributed by atoms with E-state index in [1.54, 1.807) is 6.92 Å². The van der Waals surface area contributed by atoms with Gasteiger partial charge in [-0.1, -0.05) is 5.16 Å². The van der Waals surface area contributed by atoms with Gasteiger partial charge in [-0.25, -0.2) is 4.79 Å². The number of hydrogen-bond donors (Lipinski definition) is 2. The molecule has 0 saturated heterocycles. The van der Waals surface area contributed by atoms with E-state index < -0.39 is 34.4 Å². The van der Waals surface area contributed by atoms with Crippen LogP contribution in [-0.2, 0) is 6.18 Å². The summed E-state index contributed by atoms with van der Waals surface area (Å²) in [6.45, 7) is 1.98. The third-order valence-corrected chi connectivity index (χ3v) is 2.76. The maximum atomic E-state index is 12.4. The molecule has 12 heteroatoms. The number of carbonyl (C=O) groups excluding carboxylic acids is 1. The number of carbonyl (C=O) groups is 1. The number of nitro benzene ring substituents is 1. The first kappa shape index (κ1) is 18.0. The van der Waals surface area contributed by atoms with Crippen LogP contribution in [0, 0.1) is 10.1 Å². The van der Waals surface area contributed by atoms with E-state index in [0.717, 1.165) is 6.07 Å². The topological polar surface area (TPSA) is 120 Å². The highest BCUT2D eigenvalue weighted by Crippen LogP contribution is 2.31. The molecule has 0 saturated carbocycles. The van der Waals surface area contributed by atoms with E-state index in [0.29, 0.717) is 6.07 Å². The molecule has 0 bridgehead atoms. The van der Waals surface area contributed by atoms with Crippen LogP contribution in [0.4, 0.5) is 35.2 Å². The van der Waals surface area contributed by atoms with Crippen LogP contribution in [0.2, 0.25) is 0 Å². The lowest BCUT2D eigenvalue weighted by molar-refractivity contribution is -0.384. The molecule has 1 heterocycles. The summed E-state index contributed by atoms with van der Waals surface area (Å²) in [5.41, 5.74) is -1.95. The van der Waals surface area contributed by atoms with Gasteiger partial charge in [0.05, 0.1) is 17.6 Å². The van der Waals surface area contributed by atoms with Crippen molar-refractivity contribution in [2.75, 3.05) is 17.2 Å². The summed E-state index contributed by atoms with van der Waals surface area (Å²) in [5, 5.41) is 17.9. The van der Waals surface area contributed by atoms with Crippen molar-refractivity contribution in [3.63, 3.8) is 0 Å². The standard InChI is InChI=1S/C13H11F3N4O5/c1-2-24-7-3-4-8(9(5-7)20(22)23)17-12(21)18-11-6-10(19-25-11)13(14,15)16/h3-6H,2H2,1H3,(H2,17,18,21). The molecule has 0 unspecified atom stereocenters. The number of nitrogens with one attached hydrogen (secondary N) is 2. The molecule has 0 radical (unpaired) electrons. The molecule has 9 nitrogen and oxygen atoms in total. The Balaban J connectivity index is 2.12. The monoisotopic (exact) mass is 360 g/mol. The Morgan fingerprint density at radius 3 is 2.64 bits per heavy atom. The van der Waals surface area contributed by atoms with E-state index in [-0.39, 0.29) is 18.0 Å². The summed E-state index contributed by atoms with van der Waals surface area (Å²) < 4.78 is 46.6. The Morgan fingerprint density at radius 2 is 2.08 bits per heavy atom. The zero-order chi connectivity index (χ0) is 18.6. The van der Waals surface area contributed by atoms with Gasteiger partial charge in [0.1, 0.15) is 11.4 Å². The summed E-state index contributed by atoms with van der Waals surface area (Å²) in [4.78, 5) is 22.1. The number of alkyl halides is 3. The number of hydrogen-bond acceptors (Lipinski definition) is 6. The molecular weight excluding hydrogens is 349 g/mol. The smallest absolute Gasteiger partial charge is 0.436 e. The third-order valence-electron chi connectivity index (χ3n) is 2.76. The number of rotatable bonds is 5. The van der Waals surface area contributed by atoms with E-state index in [4.69, 9.17) is 4.74 Å². The Morgan fingerprint density at radius 1 is 1.36 bits per heavy atom. The normalized spacial score (nSPS) is 11.0. The molecule has 1 aromatic heterocycles. The quantitative estimate of drug-likeness (QED) is 0.620. The van der Waals surface area contributed by atoms with Gasteiger partial charge in [0.15, 0.2) is 5.69 Å². The predicted octanol–water partition coefficient (Wildman–Crippen LogP) is 3.64. The molecule has 1 aromatic carbocycles. The maximum absolute atomic E-state index is 12.4. The molecular formula is C13H11F3N4O5. The van der Waals surface area contributed by atoms with Gasteiger partial charge < -0.3 is 14.6 Å². The van der Waals surface area contributed by atoms with Crippen molar-refractivity contribution in [1.82, 2.24) is 5.16 Å². The third kappa shape index (κ3) is 4.59. The van der Waals surface area contributed by atoms with Crippen molar-refractivity contribution in [3.8, 4) is 5.75 Å². The number of nitro groups is 1. The second-order valence-electron chi connectivity index (χ2n) is 4.52. The van der Waals surface area contributed by atoms with Crippen LogP contribution in [0.1, 0.15) is 12.6 Å². The predicted molar refractivity (Wildman–Crippen MR) is 78.4 cm³/mol. The fraction of sp³-hybridized carbons (Fsp3) is 0.231. The summed E-state index contributed by atoms with van der Waals surface area (Å²) in [5.74, 6) is -0.344. The first-order valence-electron chi connectivity index (χ1n) is 6.74. The number of urea groups is 1. The highest BCUT2D eigenvalue weighted by atomic mass is 19.4. The van der Waals surface area contributed by atoms with Crippen LogP contribution in [-0.4, -0.2) is 22.7 Å². The molecule has 0 spiro atoms. The Bertz CT molecular complexity index is 790. The summed E-state index contributed by atoms with van der Waals surface area (Å²) in [7, 11) is 0. The second-order valence-corrected chi connectivity index (χ2v) is 4.52. The van der Waals surface area contributed by atoms with Gasteiger partial charge in [0.2, 0.25) is 5.88 Å². The first-order chi connectivity index (χ1) is 11.7. The number of aromatic nitrogens is 1. The van der Waals surface area contributed by atoms with Crippen LogP contribution >= 0.6 is 0 Å². The molecule has 0 aliphatic carbocycles. The van der Waals surface area contributed by atoms with Gasteiger partial charge in [0.25, 0.3) is 5.69 Å². The number of halogens is 3. The van der Waals surface area contributed by atoms with Crippen molar-refractivity contribution >= 4 is 23.3 Å². The number of nitrogens with zero attached hydrogens (tertiary/aromatic N) is 2. The minimum atomic E-state index is -4.73. The van der Waals surface area contributed by atoms with E-state index in [1.165, 1.54) is 12.1 Å². The summed E-state index contributed by atoms with van der Waals surface area (Å²) in [6, 6.07) is 3.16. The lowest BCUT2D eigenvalue weighted by atomic mass is 10.2. The number of benzene rings is 1. The molecule has 0 aliphatic heterocycles. The van der Waals surface area contributed by atoms with Crippen LogP contribution in [0.3, 0.4) is 0 Å². The van der Waals surface area contributed by atoms with Crippen LogP contribution in [0.15, 0.2) is 28.8 Å². The van der Waals surface area contributed by atoms with Crippen LogP contribution < -0.4 is 15.4 Å². The fourth-order valence-electron chi connectivity index (χ4n) is 1.76. The van der Waals surface area contributed by atoms with Crippen molar-refractivity contribution in [1.29, 1.82) is 0 Å². The Hall–Kier alpha value is -3.31. The maximum Gasteiger partial charge on any atom is 0.436 e. The fourth-order valence-corrected chi connectivity index (χ4v) is 1.76.